The van der Waals surface area contributed by atoms with Crippen LogP contribution in [0.3, 0.4) is 0 Å². The Hall–Kier alpha value is -1.21. The first kappa shape index (κ1) is 13.2. The largest absolute Gasteiger partial charge is 0.387 e. The summed E-state index contributed by atoms with van der Waals surface area (Å²) in [6.45, 7) is 0.525. The summed E-state index contributed by atoms with van der Waals surface area (Å²) < 4.78 is 65.5. The topological polar surface area (TPSA) is 32.3 Å². The third kappa shape index (κ3) is 1.97. The summed E-state index contributed by atoms with van der Waals surface area (Å²) in [4.78, 5) is 0. The van der Waals surface area contributed by atoms with Crippen molar-refractivity contribution in [2.24, 2.45) is 0 Å². The van der Waals surface area contributed by atoms with Crippen LogP contribution in [-0.2, 0) is 0 Å². The maximum atomic E-state index is 13.4. The molecule has 100 valence electrons. The Bertz CT molecular complexity index is 444. The van der Waals surface area contributed by atoms with Gasteiger partial charge in [-0.15, -0.1) is 0 Å². The zero-order valence-electron chi connectivity index (χ0n) is 9.11. The van der Waals surface area contributed by atoms with Crippen LogP contribution in [-0.4, -0.2) is 17.7 Å². The molecule has 2 rings (SSSR count). The molecule has 0 saturated carbocycles. The average molecular weight is 267 g/mol. The van der Waals surface area contributed by atoms with E-state index in [4.69, 9.17) is 0 Å². The lowest BCUT2D eigenvalue weighted by atomic mass is 9.99. The second-order valence-corrected chi connectivity index (χ2v) is 4.13. The number of hydrogen-bond donors (Lipinski definition) is 2. The molecule has 2 unspecified atom stereocenters. The molecule has 0 spiro atoms. The van der Waals surface area contributed by atoms with Crippen molar-refractivity contribution >= 4 is 0 Å². The van der Waals surface area contributed by atoms with Gasteiger partial charge in [-0.05, 0) is 19.4 Å². The first-order valence-electron chi connectivity index (χ1n) is 5.38. The van der Waals surface area contributed by atoms with Crippen LogP contribution in [0.2, 0.25) is 0 Å². The highest BCUT2D eigenvalue weighted by atomic mass is 19.2. The van der Waals surface area contributed by atoms with Crippen molar-refractivity contribution in [1.29, 1.82) is 0 Å². The lowest BCUT2D eigenvalue weighted by Gasteiger charge is -2.20. The molecule has 2 atom stereocenters. The highest BCUT2D eigenvalue weighted by Crippen LogP contribution is 2.31. The molecule has 2 N–H and O–H groups in total. The van der Waals surface area contributed by atoms with E-state index >= 15 is 0 Å². The summed E-state index contributed by atoms with van der Waals surface area (Å²) in [5.41, 5.74) is -1.18. The van der Waals surface area contributed by atoms with Gasteiger partial charge in [-0.25, -0.2) is 22.0 Å². The van der Waals surface area contributed by atoms with E-state index in [1.165, 1.54) is 0 Å². The van der Waals surface area contributed by atoms with E-state index < -0.39 is 46.8 Å². The highest BCUT2D eigenvalue weighted by molar-refractivity contribution is 5.27. The summed E-state index contributed by atoms with van der Waals surface area (Å²) >= 11 is 0. The summed E-state index contributed by atoms with van der Waals surface area (Å²) in [7, 11) is 0. The van der Waals surface area contributed by atoms with Crippen molar-refractivity contribution in [2.75, 3.05) is 6.54 Å². The molecule has 1 aromatic carbocycles. The number of halogens is 5. The molecule has 0 bridgehead atoms. The van der Waals surface area contributed by atoms with Crippen LogP contribution in [0.4, 0.5) is 22.0 Å². The highest BCUT2D eigenvalue weighted by Gasteiger charge is 2.34. The van der Waals surface area contributed by atoms with Crippen LogP contribution < -0.4 is 5.32 Å². The Kier molecular flexibility index (Phi) is 3.54. The minimum absolute atomic E-state index is 0.403. The molecule has 0 aliphatic carbocycles. The maximum absolute atomic E-state index is 13.4. The van der Waals surface area contributed by atoms with E-state index in [0.29, 0.717) is 19.4 Å². The first-order chi connectivity index (χ1) is 8.45. The smallest absolute Gasteiger partial charge is 0.200 e. The van der Waals surface area contributed by atoms with Crippen LogP contribution in [0, 0.1) is 29.1 Å². The van der Waals surface area contributed by atoms with Crippen molar-refractivity contribution in [3.63, 3.8) is 0 Å². The molecule has 0 amide bonds. The fourth-order valence-corrected chi connectivity index (χ4v) is 2.06. The number of rotatable bonds is 2. The van der Waals surface area contributed by atoms with Gasteiger partial charge in [-0.2, -0.15) is 0 Å². The molecule has 1 fully saturated rings. The van der Waals surface area contributed by atoms with Crippen molar-refractivity contribution in [1.82, 2.24) is 5.32 Å². The zero-order chi connectivity index (χ0) is 13.4. The van der Waals surface area contributed by atoms with Gasteiger partial charge in [0.1, 0.15) is 6.10 Å². The van der Waals surface area contributed by atoms with Crippen LogP contribution in [0.15, 0.2) is 0 Å². The van der Waals surface area contributed by atoms with E-state index in [-0.39, 0.29) is 0 Å². The van der Waals surface area contributed by atoms with E-state index in [2.05, 4.69) is 5.32 Å². The maximum Gasteiger partial charge on any atom is 0.200 e. The van der Waals surface area contributed by atoms with Gasteiger partial charge in [0.25, 0.3) is 0 Å². The molecule has 1 saturated heterocycles. The number of hydrogen-bond acceptors (Lipinski definition) is 2. The number of aliphatic hydroxyl groups is 1. The molecule has 1 aromatic rings. The fourth-order valence-electron chi connectivity index (χ4n) is 2.06. The van der Waals surface area contributed by atoms with Crippen molar-refractivity contribution in [2.45, 2.75) is 25.0 Å². The van der Waals surface area contributed by atoms with Gasteiger partial charge in [0.2, 0.25) is 5.82 Å². The predicted octanol–water partition coefficient (Wildman–Crippen LogP) is 2.17. The van der Waals surface area contributed by atoms with Crippen molar-refractivity contribution in [3.05, 3.63) is 34.6 Å². The molecular formula is C11H10F5NO. The molecule has 2 nitrogen and oxygen atoms in total. The summed E-state index contributed by atoms with van der Waals surface area (Å²) in [6, 6.07) is -0.710. The lowest BCUT2D eigenvalue weighted by molar-refractivity contribution is 0.125. The number of nitrogens with one attached hydrogen (secondary N) is 1. The Morgan fingerprint density at radius 3 is 1.89 bits per heavy atom. The Morgan fingerprint density at radius 2 is 1.44 bits per heavy atom. The molecule has 18 heavy (non-hydrogen) atoms. The Morgan fingerprint density at radius 1 is 0.944 bits per heavy atom. The van der Waals surface area contributed by atoms with Gasteiger partial charge in [0.05, 0.1) is 5.56 Å². The standard InChI is InChI=1S/C11H10F5NO/c12-6-5(11(18)4-2-1-3-17-4)7(13)9(15)10(16)8(6)14/h4,11,17-18H,1-3H2. The molecule has 7 heteroatoms. The van der Waals surface area contributed by atoms with Gasteiger partial charge in [-0.1, -0.05) is 0 Å². The van der Waals surface area contributed by atoms with Crippen LogP contribution in [0.25, 0.3) is 0 Å². The first-order valence-corrected chi connectivity index (χ1v) is 5.38. The second-order valence-electron chi connectivity index (χ2n) is 4.13. The van der Waals surface area contributed by atoms with Gasteiger partial charge < -0.3 is 10.4 Å². The Balaban J connectivity index is 2.49. The van der Waals surface area contributed by atoms with Crippen molar-refractivity contribution < 1.29 is 27.1 Å². The molecular weight excluding hydrogens is 257 g/mol. The molecule has 1 heterocycles. The van der Waals surface area contributed by atoms with Crippen LogP contribution in [0.1, 0.15) is 24.5 Å². The minimum Gasteiger partial charge on any atom is -0.387 e. The third-order valence-electron chi connectivity index (χ3n) is 3.02. The van der Waals surface area contributed by atoms with E-state index in [1.54, 1.807) is 0 Å². The lowest BCUT2D eigenvalue weighted by Crippen LogP contribution is -2.30. The molecule has 1 aliphatic heterocycles. The quantitative estimate of drug-likeness (QED) is 0.489. The number of aliphatic hydroxyl groups excluding tert-OH is 1. The van der Waals surface area contributed by atoms with Crippen LogP contribution >= 0.6 is 0 Å². The minimum atomic E-state index is -2.22. The summed E-state index contributed by atoms with van der Waals surface area (Å²) in [6.07, 6.45) is -0.699. The SMILES string of the molecule is OC(c1c(F)c(F)c(F)c(F)c1F)C1CCCN1. The van der Waals surface area contributed by atoms with Gasteiger partial charge in [0.15, 0.2) is 23.3 Å². The summed E-state index contributed by atoms with van der Waals surface area (Å²) in [5.74, 6) is -10.3. The monoisotopic (exact) mass is 267 g/mol. The predicted molar refractivity (Wildman–Crippen MR) is 52.2 cm³/mol. The summed E-state index contributed by atoms with van der Waals surface area (Å²) in [5, 5.41) is 12.5. The molecule has 0 aromatic heterocycles. The molecule has 0 radical (unpaired) electrons. The van der Waals surface area contributed by atoms with Crippen molar-refractivity contribution in [3.8, 4) is 0 Å². The van der Waals surface area contributed by atoms with E-state index in [1.807, 2.05) is 0 Å². The van der Waals surface area contributed by atoms with Crippen LogP contribution in [0.5, 0.6) is 0 Å². The average Bonchev–Trinajstić information content (AvgIpc) is 2.88. The zero-order valence-corrected chi connectivity index (χ0v) is 9.11. The molecule has 1 aliphatic rings. The van der Waals surface area contributed by atoms with E-state index in [0.717, 1.165) is 0 Å². The number of benzene rings is 1. The van der Waals surface area contributed by atoms with Gasteiger partial charge >= 0.3 is 0 Å². The van der Waals surface area contributed by atoms with Gasteiger partial charge in [-0.3, -0.25) is 0 Å². The van der Waals surface area contributed by atoms with E-state index in [9.17, 15) is 27.1 Å². The second kappa shape index (κ2) is 4.81. The Labute approximate surface area is 99.4 Å². The van der Waals surface area contributed by atoms with Gasteiger partial charge in [0, 0.05) is 6.04 Å². The third-order valence-corrected chi connectivity index (χ3v) is 3.02. The fraction of sp³-hybridized carbons (Fsp3) is 0.455. The normalized spacial score (nSPS) is 21.3.